The molecule has 1 aromatic rings. The molecule has 2 atom stereocenters. The molecule has 4 heteroatoms. The lowest BCUT2D eigenvalue weighted by molar-refractivity contribution is 0.0849. The summed E-state index contributed by atoms with van der Waals surface area (Å²) < 4.78 is 10.7. The third-order valence-corrected chi connectivity index (χ3v) is 2.74. The molecule has 0 saturated carbocycles. The number of methoxy groups -OCH3 is 1. The normalized spacial score (nSPS) is 14.6. The smallest absolute Gasteiger partial charge is 0.138 e. The molecule has 0 aromatic carbocycles. The number of rotatable bonds is 7. The summed E-state index contributed by atoms with van der Waals surface area (Å²) in [4.78, 5) is 4.09. The van der Waals surface area contributed by atoms with Gasteiger partial charge >= 0.3 is 0 Å². The van der Waals surface area contributed by atoms with Gasteiger partial charge in [0.1, 0.15) is 5.75 Å². The third-order valence-electron chi connectivity index (χ3n) is 2.74. The molecule has 2 unspecified atom stereocenters. The lowest BCUT2D eigenvalue weighted by Crippen LogP contribution is -2.09. The quantitative estimate of drug-likeness (QED) is 0.811. The summed E-state index contributed by atoms with van der Waals surface area (Å²) in [6.45, 7) is 5.91. The number of pyridine rings is 1. The van der Waals surface area contributed by atoms with E-state index in [9.17, 15) is 5.11 Å². The first-order valence-corrected chi connectivity index (χ1v) is 6.35. The molecule has 0 bridgehead atoms. The summed E-state index contributed by atoms with van der Waals surface area (Å²) in [5.74, 6) is 0.696. The van der Waals surface area contributed by atoms with Crippen LogP contribution in [0.5, 0.6) is 5.75 Å². The number of nitrogens with zero attached hydrogens (tertiary/aromatic N) is 1. The van der Waals surface area contributed by atoms with Crippen LogP contribution in [0.15, 0.2) is 18.5 Å². The molecule has 18 heavy (non-hydrogen) atoms. The van der Waals surface area contributed by atoms with Gasteiger partial charge in [-0.2, -0.15) is 0 Å². The molecular formula is C14H23NO3. The van der Waals surface area contributed by atoms with E-state index in [1.54, 1.807) is 19.5 Å². The number of ether oxygens (including phenoxy) is 2. The SMILES string of the molecule is COC(C)CCC(O)c1cncc(OC(C)C)c1. The maximum Gasteiger partial charge on any atom is 0.138 e. The minimum Gasteiger partial charge on any atom is -0.489 e. The highest BCUT2D eigenvalue weighted by atomic mass is 16.5. The van der Waals surface area contributed by atoms with Crippen LogP contribution in [0.1, 0.15) is 45.3 Å². The van der Waals surface area contributed by atoms with Gasteiger partial charge in [0.25, 0.3) is 0 Å². The summed E-state index contributed by atoms with van der Waals surface area (Å²) in [5, 5.41) is 10.1. The van der Waals surface area contributed by atoms with Crippen molar-refractivity contribution in [2.45, 2.75) is 51.9 Å². The van der Waals surface area contributed by atoms with Gasteiger partial charge in [0.15, 0.2) is 0 Å². The highest BCUT2D eigenvalue weighted by Gasteiger charge is 2.11. The first-order valence-electron chi connectivity index (χ1n) is 6.35. The second-order valence-electron chi connectivity index (χ2n) is 4.76. The second-order valence-corrected chi connectivity index (χ2v) is 4.76. The standard InChI is InChI=1S/C14H23NO3/c1-10(2)18-13-7-12(8-15-9-13)14(16)6-5-11(3)17-4/h7-11,14,16H,5-6H2,1-4H3. The maximum atomic E-state index is 10.1. The molecule has 0 radical (unpaired) electrons. The van der Waals surface area contributed by atoms with Gasteiger partial charge in [-0.05, 0) is 39.7 Å². The van der Waals surface area contributed by atoms with Gasteiger partial charge in [-0.15, -0.1) is 0 Å². The average Bonchev–Trinajstić information content (AvgIpc) is 2.35. The van der Waals surface area contributed by atoms with Crippen LogP contribution in [0.2, 0.25) is 0 Å². The summed E-state index contributed by atoms with van der Waals surface area (Å²) in [5.41, 5.74) is 0.788. The zero-order valence-corrected chi connectivity index (χ0v) is 11.6. The van der Waals surface area contributed by atoms with Crippen molar-refractivity contribution in [3.8, 4) is 5.75 Å². The van der Waals surface area contributed by atoms with E-state index in [1.807, 2.05) is 26.8 Å². The minimum atomic E-state index is -0.522. The number of aliphatic hydroxyl groups is 1. The predicted octanol–water partition coefficient (Wildman–Crippen LogP) is 2.72. The summed E-state index contributed by atoms with van der Waals surface area (Å²) in [6, 6.07) is 1.84. The molecule has 1 heterocycles. The molecule has 0 aliphatic rings. The van der Waals surface area contributed by atoms with E-state index in [1.165, 1.54) is 0 Å². The summed E-state index contributed by atoms with van der Waals surface area (Å²) in [7, 11) is 1.68. The van der Waals surface area contributed by atoms with Crippen LogP contribution in [-0.4, -0.2) is 29.4 Å². The van der Waals surface area contributed by atoms with E-state index in [0.717, 1.165) is 12.0 Å². The fourth-order valence-corrected chi connectivity index (χ4v) is 1.63. The average molecular weight is 253 g/mol. The molecular weight excluding hydrogens is 230 g/mol. The Morgan fingerprint density at radius 2 is 1.94 bits per heavy atom. The number of aromatic nitrogens is 1. The lowest BCUT2D eigenvalue weighted by Gasteiger charge is -2.15. The van der Waals surface area contributed by atoms with Gasteiger partial charge < -0.3 is 14.6 Å². The highest BCUT2D eigenvalue weighted by molar-refractivity contribution is 5.25. The van der Waals surface area contributed by atoms with E-state index >= 15 is 0 Å². The van der Waals surface area contributed by atoms with Gasteiger partial charge in [-0.25, -0.2) is 0 Å². The Labute approximate surface area is 109 Å². The van der Waals surface area contributed by atoms with Crippen molar-refractivity contribution >= 4 is 0 Å². The number of hydrogen-bond donors (Lipinski definition) is 1. The molecule has 0 aliphatic carbocycles. The van der Waals surface area contributed by atoms with Gasteiger partial charge in [-0.3, -0.25) is 4.98 Å². The Morgan fingerprint density at radius 1 is 1.22 bits per heavy atom. The molecule has 0 saturated heterocycles. The van der Waals surface area contributed by atoms with Crippen molar-refractivity contribution in [1.82, 2.24) is 4.98 Å². The van der Waals surface area contributed by atoms with Crippen LogP contribution < -0.4 is 4.74 Å². The first-order chi connectivity index (χ1) is 8.52. The van der Waals surface area contributed by atoms with Crippen LogP contribution in [0.4, 0.5) is 0 Å². The molecule has 0 fully saturated rings. The van der Waals surface area contributed by atoms with Crippen LogP contribution >= 0.6 is 0 Å². The topological polar surface area (TPSA) is 51.6 Å². The fourth-order valence-electron chi connectivity index (χ4n) is 1.63. The van der Waals surface area contributed by atoms with Gasteiger partial charge in [-0.1, -0.05) is 0 Å². The van der Waals surface area contributed by atoms with Crippen molar-refractivity contribution in [2.75, 3.05) is 7.11 Å². The molecule has 0 amide bonds. The van der Waals surface area contributed by atoms with Crippen LogP contribution in [0.3, 0.4) is 0 Å². The fraction of sp³-hybridized carbons (Fsp3) is 0.643. The van der Waals surface area contributed by atoms with Crippen LogP contribution in [0.25, 0.3) is 0 Å². The molecule has 4 nitrogen and oxygen atoms in total. The monoisotopic (exact) mass is 253 g/mol. The molecule has 0 spiro atoms. The Kier molecular flexibility index (Phi) is 6.09. The minimum absolute atomic E-state index is 0.104. The first kappa shape index (κ1) is 14.9. The zero-order valence-electron chi connectivity index (χ0n) is 11.6. The maximum absolute atomic E-state index is 10.1. The van der Waals surface area contributed by atoms with Crippen molar-refractivity contribution in [2.24, 2.45) is 0 Å². The molecule has 1 N–H and O–H groups in total. The van der Waals surface area contributed by atoms with E-state index < -0.39 is 6.10 Å². The largest absolute Gasteiger partial charge is 0.489 e. The lowest BCUT2D eigenvalue weighted by atomic mass is 10.0. The zero-order chi connectivity index (χ0) is 13.5. The Balaban J connectivity index is 2.59. The van der Waals surface area contributed by atoms with E-state index in [-0.39, 0.29) is 12.2 Å². The molecule has 1 rings (SSSR count). The molecule has 0 aliphatic heterocycles. The Bertz CT molecular complexity index is 355. The van der Waals surface area contributed by atoms with Gasteiger partial charge in [0, 0.05) is 18.9 Å². The third kappa shape index (κ3) is 5.02. The Hall–Kier alpha value is -1.13. The molecule has 102 valence electrons. The van der Waals surface area contributed by atoms with Crippen molar-refractivity contribution in [3.05, 3.63) is 24.0 Å². The summed E-state index contributed by atoms with van der Waals surface area (Å²) in [6.07, 6.45) is 4.54. The van der Waals surface area contributed by atoms with Crippen molar-refractivity contribution < 1.29 is 14.6 Å². The number of hydrogen-bond acceptors (Lipinski definition) is 4. The van der Waals surface area contributed by atoms with Crippen molar-refractivity contribution in [3.63, 3.8) is 0 Å². The van der Waals surface area contributed by atoms with Crippen LogP contribution in [0, 0.1) is 0 Å². The van der Waals surface area contributed by atoms with E-state index in [2.05, 4.69) is 4.98 Å². The van der Waals surface area contributed by atoms with Gasteiger partial charge in [0.05, 0.1) is 24.5 Å². The van der Waals surface area contributed by atoms with Crippen LogP contribution in [-0.2, 0) is 4.74 Å². The predicted molar refractivity (Wildman–Crippen MR) is 70.7 cm³/mol. The van der Waals surface area contributed by atoms with Gasteiger partial charge in [0.2, 0.25) is 0 Å². The Morgan fingerprint density at radius 3 is 2.56 bits per heavy atom. The summed E-state index contributed by atoms with van der Waals surface area (Å²) >= 11 is 0. The van der Waals surface area contributed by atoms with E-state index in [4.69, 9.17) is 9.47 Å². The highest BCUT2D eigenvalue weighted by Crippen LogP contribution is 2.22. The van der Waals surface area contributed by atoms with E-state index in [0.29, 0.717) is 12.2 Å². The number of aliphatic hydroxyl groups excluding tert-OH is 1. The van der Waals surface area contributed by atoms with Crippen molar-refractivity contribution in [1.29, 1.82) is 0 Å². The second kappa shape index (κ2) is 7.34. The molecule has 1 aromatic heterocycles.